The van der Waals surface area contributed by atoms with E-state index in [-0.39, 0.29) is 0 Å². The molecule has 0 nitrogen and oxygen atoms in total. The van der Waals surface area contributed by atoms with Crippen LogP contribution < -0.4 is 0 Å². The molecule has 0 heterocycles. The molecule has 2 aromatic rings. The Balaban J connectivity index is 2.17. The third kappa shape index (κ3) is 4.96. The highest BCUT2D eigenvalue weighted by Gasteiger charge is 2.03. The van der Waals surface area contributed by atoms with Gasteiger partial charge in [-0.15, -0.1) is 0 Å². The first-order valence-corrected chi connectivity index (χ1v) is 7.91. The first kappa shape index (κ1) is 16.8. The molecule has 0 saturated heterocycles. The van der Waals surface area contributed by atoms with E-state index < -0.39 is 0 Å². The Kier molecular flexibility index (Phi) is 5.94. The van der Waals surface area contributed by atoms with Crippen LogP contribution >= 0.6 is 0 Å². The van der Waals surface area contributed by atoms with E-state index in [1.807, 2.05) is 12.1 Å². The van der Waals surface area contributed by atoms with Crippen molar-refractivity contribution >= 4 is 12.2 Å². The molecule has 0 aliphatic rings. The molecule has 0 bridgehead atoms. The SMILES string of the molecule is C=C(C(C)=C(C)/C=C/c1ccccc1)/C(C)=C/c1ccccc1. The lowest BCUT2D eigenvalue weighted by Gasteiger charge is -2.10. The van der Waals surface area contributed by atoms with Gasteiger partial charge in [0, 0.05) is 0 Å². The lowest BCUT2D eigenvalue weighted by atomic mass is 9.96. The quantitative estimate of drug-likeness (QED) is 0.539. The summed E-state index contributed by atoms with van der Waals surface area (Å²) in [6, 6.07) is 20.7. The van der Waals surface area contributed by atoms with E-state index in [2.05, 4.69) is 94.1 Å². The highest BCUT2D eigenvalue weighted by molar-refractivity contribution is 5.63. The fraction of sp³-hybridized carbons (Fsp3) is 0.130. The summed E-state index contributed by atoms with van der Waals surface area (Å²) in [5, 5.41) is 0. The Morgan fingerprint density at radius 3 is 1.87 bits per heavy atom. The average molecular weight is 300 g/mol. The first-order chi connectivity index (χ1) is 11.1. The molecule has 0 heteroatoms. The van der Waals surface area contributed by atoms with Gasteiger partial charge in [0.1, 0.15) is 0 Å². The van der Waals surface area contributed by atoms with Crippen LogP contribution in [0, 0.1) is 0 Å². The number of benzene rings is 2. The molecule has 2 rings (SSSR count). The molecule has 116 valence electrons. The molecular weight excluding hydrogens is 276 g/mol. The molecule has 0 unspecified atom stereocenters. The molecule has 0 atom stereocenters. The summed E-state index contributed by atoms with van der Waals surface area (Å²) in [7, 11) is 0. The molecule has 0 aromatic heterocycles. The predicted molar refractivity (Wildman–Crippen MR) is 103 cm³/mol. The maximum atomic E-state index is 4.27. The Morgan fingerprint density at radius 2 is 1.30 bits per heavy atom. The Morgan fingerprint density at radius 1 is 0.783 bits per heavy atom. The van der Waals surface area contributed by atoms with Gasteiger partial charge in [-0.2, -0.15) is 0 Å². The van der Waals surface area contributed by atoms with Crippen molar-refractivity contribution in [2.75, 3.05) is 0 Å². The second kappa shape index (κ2) is 8.14. The van der Waals surface area contributed by atoms with Gasteiger partial charge in [0.25, 0.3) is 0 Å². The van der Waals surface area contributed by atoms with Crippen LogP contribution in [0.2, 0.25) is 0 Å². The molecule has 2 aromatic carbocycles. The maximum Gasteiger partial charge on any atom is -0.0254 e. The molecule has 23 heavy (non-hydrogen) atoms. The monoisotopic (exact) mass is 300 g/mol. The van der Waals surface area contributed by atoms with E-state index in [1.165, 1.54) is 27.8 Å². The van der Waals surface area contributed by atoms with Crippen molar-refractivity contribution in [3.63, 3.8) is 0 Å². The van der Waals surface area contributed by atoms with Gasteiger partial charge in [0.05, 0.1) is 0 Å². The molecule has 0 fully saturated rings. The fourth-order valence-electron chi connectivity index (χ4n) is 2.33. The zero-order valence-electron chi connectivity index (χ0n) is 14.2. The van der Waals surface area contributed by atoms with Crippen LogP contribution in [0.5, 0.6) is 0 Å². The maximum absolute atomic E-state index is 4.27. The lowest BCUT2D eigenvalue weighted by Crippen LogP contribution is -1.89. The highest BCUT2D eigenvalue weighted by atomic mass is 14.1. The Bertz CT molecular complexity index is 741. The molecule has 0 spiro atoms. The van der Waals surface area contributed by atoms with Crippen molar-refractivity contribution in [1.82, 2.24) is 0 Å². The van der Waals surface area contributed by atoms with Crippen LogP contribution in [0.3, 0.4) is 0 Å². The summed E-state index contributed by atoms with van der Waals surface area (Å²) in [6.07, 6.45) is 6.48. The minimum atomic E-state index is 1.09. The Labute approximate surface area is 140 Å². The molecule has 0 radical (unpaired) electrons. The normalized spacial score (nSPS) is 13.1. The third-order valence-corrected chi connectivity index (χ3v) is 4.03. The standard InChI is InChI=1S/C23H24/c1-18(15-16-22-11-7-5-8-12-22)20(3)21(4)19(2)17-23-13-9-6-10-14-23/h5-17H,4H2,1-3H3/b16-15+,19-17+,20-18?. The third-order valence-electron chi connectivity index (χ3n) is 4.03. The van der Waals surface area contributed by atoms with Crippen molar-refractivity contribution in [3.05, 3.63) is 107 Å². The topological polar surface area (TPSA) is 0 Å². The second-order valence-corrected chi connectivity index (χ2v) is 5.77. The van der Waals surface area contributed by atoms with E-state index in [1.54, 1.807) is 0 Å². The van der Waals surface area contributed by atoms with Crippen molar-refractivity contribution in [3.8, 4) is 0 Å². The van der Waals surface area contributed by atoms with Crippen LogP contribution in [-0.2, 0) is 0 Å². The number of allylic oxidation sites excluding steroid dienone is 5. The van der Waals surface area contributed by atoms with Gasteiger partial charge in [-0.25, -0.2) is 0 Å². The van der Waals surface area contributed by atoms with Crippen LogP contribution in [0.25, 0.3) is 12.2 Å². The highest BCUT2D eigenvalue weighted by Crippen LogP contribution is 2.23. The van der Waals surface area contributed by atoms with Crippen LogP contribution in [0.4, 0.5) is 0 Å². The number of rotatable bonds is 5. The summed E-state index contributed by atoms with van der Waals surface area (Å²) >= 11 is 0. The van der Waals surface area contributed by atoms with Crippen molar-refractivity contribution in [1.29, 1.82) is 0 Å². The van der Waals surface area contributed by atoms with Gasteiger partial charge in [-0.3, -0.25) is 0 Å². The van der Waals surface area contributed by atoms with Crippen LogP contribution in [0.1, 0.15) is 31.9 Å². The molecule has 0 N–H and O–H groups in total. The predicted octanol–water partition coefficient (Wildman–Crippen LogP) is 6.70. The minimum Gasteiger partial charge on any atom is -0.0912 e. The van der Waals surface area contributed by atoms with E-state index in [0.717, 1.165) is 5.57 Å². The molecule has 0 aliphatic heterocycles. The van der Waals surface area contributed by atoms with Gasteiger partial charge in [0.2, 0.25) is 0 Å². The van der Waals surface area contributed by atoms with E-state index in [9.17, 15) is 0 Å². The van der Waals surface area contributed by atoms with Crippen molar-refractivity contribution in [2.24, 2.45) is 0 Å². The molecule has 0 aliphatic carbocycles. The van der Waals surface area contributed by atoms with Gasteiger partial charge < -0.3 is 0 Å². The second-order valence-electron chi connectivity index (χ2n) is 5.77. The van der Waals surface area contributed by atoms with Crippen molar-refractivity contribution < 1.29 is 0 Å². The molecule has 0 amide bonds. The fourth-order valence-corrected chi connectivity index (χ4v) is 2.33. The summed E-state index contributed by atoms with van der Waals surface area (Å²) in [6.45, 7) is 10.7. The zero-order valence-corrected chi connectivity index (χ0v) is 14.2. The Hall–Kier alpha value is -2.60. The minimum absolute atomic E-state index is 1.09. The van der Waals surface area contributed by atoms with E-state index in [0.29, 0.717) is 0 Å². The summed E-state index contributed by atoms with van der Waals surface area (Å²) < 4.78 is 0. The van der Waals surface area contributed by atoms with Gasteiger partial charge in [-0.1, -0.05) is 85.5 Å². The largest absolute Gasteiger partial charge is 0.0912 e. The summed E-state index contributed by atoms with van der Waals surface area (Å²) in [5.74, 6) is 0. The number of hydrogen-bond acceptors (Lipinski definition) is 0. The molecular formula is C23H24. The van der Waals surface area contributed by atoms with Gasteiger partial charge in [0.15, 0.2) is 0 Å². The average Bonchev–Trinajstić information content (AvgIpc) is 2.60. The molecule has 0 saturated carbocycles. The van der Waals surface area contributed by atoms with Crippen molar-refractivity contribution in [2.45, 2.75) is 20.8 Å². The smallest absolute Gasteiger partial charge is 0.0254 e. The van der Waals surface area contributed by atoms with Crippen LogP contribution in [-0.4, -0.2) is 0 Å². The first-order valence-electron chi connectivity index (χ1n) is 7.91. The van der Waals surface area contributed by atoms with Gasteiger partial charge >= 0.3 is 0 Å². The number of hydrogen-bond donors (Lipinski definition) is 0. The van der Waals surface area contributed by atoms with Crippen LogP contribution in [0.15, 0.2) is 95.6 Å². The zero-order chi connectivity index (χ0) is 16.7. The summed E-state index contributed by atoms with van der Waals surface area (Å²) in [4.78, 5) is 0. The van der Waals surface area contributed by atoms with E-state index >= 15 is 0 Å². The van der Waals surface area contributed by atoms with E-state index in [4.69, 9.17) is 0 Å². The lowest BCUT2D eigenvalue weighted by molar-refractivity contribution is 1.29. The van der Waals surface area contributed by atoms with Gasteiger partial charge in [-0.05, 0) is 54.2 Å². The summed E-state index contributed by atoms with van der Waals surface area (Å²) in [5.41, 5.74) is 7.16.